The number of halogens is 3. The minimum Gasteiger partial charge on any atom is -0.449 e. The lowest BCUT2D eigenvalue weighted by atomic mass is 10.9. The molecule has 0 saturated carbocycles. The minimum atomic E-state index is -4.13. The summed E-state index contributed by atoms with van der Waals surface area (Å²) in [4.78, 5) is 0. The fraction of sp³-hybridized carbons (Fsp3) is 1.00. The van der Waals surface area contributed by atoms with E-state index in [2.05, 4.69) is 0 Å². The summed E-state index contributed by atoms with van der Waals surface area (Å²) in [5.41, 5.74) is 0. The van der Waals surface area contributed by atoms with Crippen molar-refractivity contribution in [2.24, 2.45) is 0 Å². The quantitative estimate of drug-likeness (QED) is 0.592. The van der Waals surface area contributed by atoms with E-state index >= 15 is 0 Å². The second kappa shape index (κ2) is 6.38. The first-order valence-corrected chi connectivity index (χ1v) is 11.4. The van der Waals surface area contributed by atoms with Crippen molar-refractivity contribution in [1.82, 2.24) is 0 Å². The second-order valence-corrected chi connectivity index (χ2v) is 13.8. The van der Waals surface area contributed by atoms with E-state index in [4.69, 9.17) is 4.12 Å². The van der Waals surface area contributed by atoms with Crippen molar-refractivity contribution in [1.29, 1.82) is 0 Å². The van der Waals surface area contributed by atoms with Crippen molar-refractivity contribution < 1.29 is 17.3 Å². The van der Waals surface area contributed by atoms with E-state index in [1.807, 2.05) is 20.8 Å². The van der Waals surface area contributed by atoms with Gasteiger partial charge in [0, 0.05) is 0 Å². The van der Waals surface area contributed by atoms with Crippen LogP contribution in [0.5, 0.6) is 0 Å². The summed E-state index contributed by atoms with van der Waals surface area (Å²) in [6, 6.07) is 2.63. The molecule has 0 rings (SSSR count). The molecule has 1 nitrogen and oxygen atoms in total. The molecule has 0 aromatic heterocycles. The van der Waals surface area contributed by atoms with Gasteiger partial charge in [0.25, 0.3) is 0 Å². The maximum absolute atomic E-state index is 13.3. The Labute approximate surface area is 105 Å². The third kappa shape index (κ3) is 3.57. The first-order valence-electron chi connectivity index (χ1n) is 6.53. The first kappa shape index (κ1) is 17.2. The zero-order chi connectivity index (χ0) is 13.7. The van der Waals surface area contributed by atoms with Gasteiger partial charge in [0.05, 0.1) is 0 Å². The summed E-state index contributed by atoms with van der Waals surface area (Å²) in [6.07, 6.45) is 0. The van der Waals surface area contributed by atoms with Crippen molar-refractivity contribution in [3.63, 3.8) is 0 Å². The maximum Gasteiger partial charge on any atom is 0.388 e. The highest BCUT2D eigenvalue weighted by molar-refractivity contribution is 6.88. The molecule has 0 unspecified atom stereocenters. The molecule has 0 bridgehead atoms. The van der Waals surface area contributed by atoms with E-state index in [1.54, 1.807) is 13.8 Å². The van der Waals surface area contributed by atoms with E-state index in [0.717, 1.165) is 18.1 Å². The number of alkyl halides is 3. The highest BCUT2D eigenvalue weighted by Gasteiger charge is 2.59. The molecule has 0 aliphatic carbocycles. The summed E-state index contributed by atoms with van der Waals surface area (Å²) in [5.74, 6) is -4.13. The van der Waals surface area contributed by atoms with Crippen molar-refractivity contribution in [2.45, 2.75) is 70.6 Å². The fourth-order valence-corrected chi connectivity index (χ4v) is 11.7. The average molecular weight is 286 g/mol. The van der Waals surface area contributed by atoms with Crippen LogP contribution in [-0.4, -0.2) is 22.4 Å². The Balaban J connectivity index is 5.24. The van der Waals surface area contributed by atoms with Crippen molar-refractivity contribution in [3.8, 4) is 0 Å². The zero-order valence-electron chi connectivity index (χ0n) is 11.6. The molecule has 0 spiro atoms. The van der Waals surface area contributed by atoms with Crippen LogP contribution < -0.4 is 0 Å². The highest BCUT2D eigenvalue weighted by atomic mass is 28.4. The van der Waals surface area contributed by atoms with Gasteiger partial charge in [-0.1, -0.05) is 34.6 Å². The van der Waals surface area contributed by atoms with Crippen LogP contribution in [-0.2, 0) is 4.12 Å². The van der Waals surface area contributed by atoms with Crippen molar-refractivity contribution >= 4 is 16.6 Å². The second-order valence-electron chi connectivity index (χ2n) is 4.54. The third-order valence-electron chi connectivity index (χ3n) is 4.00. The zero-order valence-corrected chi connectivity index (χ0v) is 13.6. The van der Waals surface area contributed by atoms with Crippen molar-refractivity contribution in [2.75, 3.05) is 0 Å². The summed E-state index contributed by atoms with van der Waals surface area (Å²) in [7, 11) is -5.74. The van der Waals surface area contributed by atoms with Crippen LogP contribution in [0.2, 0.25) is 30.2 Å². The molecule has 17 heavy (non-hydrogen) atoms. The highest BCUT2D eigenvalue weighted by Crippen LogP contribution is 2.40. The normalized spacial score (nSPS) is 14.1. The number of hydrogen-bond donors (Lipinski definition) is 0. The van der Waals surface area contributed by atoms with Crippen LogP contribution >= 0.6 is 0 Å². The molecule has 0 heterocycles. The Morgan fingerprint density at radius 3 is 1.29 bits per heavy atom. The molecule has 0 aliphatic heterocycles. The lowest BCUT2D eigenvalue weighted by Gasteiger charge is -2.41. The molecule has 0 atom stereocenters. The Morgan fingerprint density at radius 1 is 0.765 bits per heavy atom. The molecule has 0 radical (unpaired) electrons. The Morgan fingerprint density at radius 2 is 1.12 bits per heavy atom. The van der Waals surface area contributed by atoms with Gasteiger partial charge in [0.1, 0.15) is 0 Å². The van der Waals surface area contributed by atoms with Gasteiger partial charge in [-0.2, -0.15) is 13.2 Å². The third-order valence-corrected chi connectivity index (χ3v) is 14.5. The van der Waals surface area contributed by atoms with Crippen LogP contribution in [0.4, 0.5) is 13.2 Å². The largest absolute Gasteiger partial charge is 0.449 e. The van der Waals surface area contributed by atoms with Gasteiger partial charge in [-0.15, -0.1) is 0 Å². The standard InChI is InChI=1S/C11H25F3OSi2/c1-6-16(7-2,8-3)15-17(9-4,10-5)11(12,13)14/h6-10H2,1-5H3. The molecule has 104 valence electrons. The maximum atomic E-state index is 13.3. The van der Waals surface area contributed by atoms with Crippen LogP contribution in [0.15, 0.2) is 0 Å². The van der Waals surface area contributed by atoms with Gasteiger partial charge in [-0.25, -0.2) is 0 Å². The minimum absolute atomic E-state index is 0.141. The van der Waals surface area contributed by atoms with Crippen LogP contribution in [0.25, 0.3) is 0 Å². The van der Waals surface area contributed by atoms with E-state index in [0.29, 0.717) is 0 Å². The van der Waals surface area contributed by atoms with Gasteiger partial charge < -0.3 is 4.12 Å². The predicted molar refractivity (Wildman–Crippen MR) is 71.1 cm³/mol. The molecule has 6 heteroatoms. The molecule has 0 saturated heterocycles. The van der Waals surface area contributed by atoms with Gasteiger partial charge in [-0.05, 0) is 30.2 Å². The summed E-state index contributed by atoms with van der Waals surface area (Å²) < 4.78 is 45.7. The first-order chi connectivity index (χ1) is 7.76. The smallest absolute Gasteiger partial charge is 0.388 e. The topological polar surface area (TPSA) is 9.23 Å². The van der Waals surface area contributed by atoms with Crippen LogP contribution in [0.3, 0.4) is 0 Å². The van der Waals surface area contributed by atoms with Gasteiger partial charge in [0.2, 0.25) is 0 Å². The van der Waals surface area contributed by atoms with E-state index in [1.165, 1.54) is 0 Å². The molecule has 0 aliphatic rings. The Hall–Kier alpha value is 0.184. The van der Waals surface area contributed by atoms with E-state index in [-0.39, 0.29) is 12.1 Å². The molecule has 0 N–H and O–H groups in total. The van der Waals surface area contributed by atoms with E-state index in [9.17, 15) is 13.2 Å². The lowest BCUT2D eigenvalue weighted by Crippen LogP contribution is -2.59. The van der Waals surface area contributed by atoms with Gasteiger partial charge in [-0.3, -0.25) is 0 Å². The Bertz CT molecular complexity index is 215. The molecule has 0 fully saturated rings. The lowest BCUT2D eigenvalue weighted by molar-refractivity contribution is -0.0690. The molecule has 0 aromatic carbocycles. The summed E-state index contributed by atoms with van der Waals surface area (Å²) >= 11 is 0. The van der Waals surface area contributed by atoms with Crippen LogP contribution in [0, 0.1) is 0 Å². The van der Waals surface area contributed by atoms with Gasteiger partial charge in [0.15, 0.2) is 8.32 Å². The number of rotatable bonds is 7. The SMILES string of the molecule is CC[Si](CC)(CC)O[Si](CC)(CC)C(F)(F)F. The number of hydrogen-bond acceptors (Lipinski definition) is 1. The Kier molecular flexibility index (Phi) is 6.45. The van der Waals surface area contributed by atoms with Crippen molar-refractivity contribution in [3.05, 3.63) is 0 Å². The van der Waals surface area contributed by atoms with Crippen LogP contribution in [0.1, 0.15) is 34.6 Å². The predicted octanol–water partition coefficient (Wildman–Crippen LogP) is 5.10. The average Bonchev–Trinajstić information content (AvgIpc) is 2.31. The van der Waals surface area contributed by atoms with Gasteiger partial charge >= 0.3 is 14.1 Å². The molecule has 0 aromatic rings. The molecular weight excluding hydrogens is 261 g/mol. The summed E-state index contributed by atoms with van der Waals surface area (Å²) in [6.45, 7) is 9.17. The fourth-order valence-electron chi connectivity index (χ4n) is 2.23. The summed E-state index contributed by atoms with van der Waals surface area (Å²) in [5, 5.41) is 0. The molecule has 0 amide bonds. The van der Waals surface area contributed by atoms with E-state index < -0.39 is 22.4 Å². The monoisotopic (exact) mass is 286 g/mol. The molecular formula is C11H25F3OSi2.